The van der Waals surface area contributed by atoms with Gasteiger partial charge in [-0.15, -0.1) is 0 Å². The molecule has 3 aromatic heterocycles. The number of nitrogens with zero attached hydrogens (tertiary/aromatic N) is 2. The maximum atomic E-state index is 12.9. The van der Waals surface area contributed by atoms with Gasteiger partial charge in [0.15, 0.2) is 5.54 Å². The third-order valence-electron chi connectivity index (χ3n) is 4.82. The van der Waals surface area contributed by atoms with Crippen molar-refractivity contribution >= 4 is 28.5 Å². The van der Waals surface area contributed by atoms with Gasteiger partial charge in [0, 0.05) is 46.9 Å². The van der Waals surface area contributed by atoms with E-state index in [9.17, 15) is 23.1 Å². The van der Waals surface area contributed by atoms with Crippen LogP contribution in [-0.2, 0) is 10.3 Å². The summed E-state index contributed by atoms with van der Waals surface area (Å²) >= 11 is 6.02. The van der Waals surface area contributed by atoms with Crippen molar-refractivity contribution < 1.29 is 23.1 Å². The van der Waals surface area contributed by atoms with E-state index in [2.05, 4.69) is 20.3 Å². The van der Waals surface area contributed by atoms with Crippen LogP contribution in [0.15, 0.2) is 36.9 Å². The van der Waals surface area contributed by atoms with E-state index in [0.717, 1.165) is 0 Å². The zero-order valence-electron chi connectivity index (χ0n) is 16.0. The summed E-state index contributed by atoms with van der Waals surface area (Å²) in [7, 11) is 0. The summed E-state index contributed by atoms with van der Waals surface area (Å²) in [6.07, 6.45) is 1.11. The number of carbonyl (C=O) groups is 1. The van der Waals surface area contributed by atoms with E-state index in [1.807, 2.05) is 0 Å². The molecule has 30 heavy (non-hydrogen) atoms. The lowest BCUT2D eigenvalue weighted by atomic mass is 9.75. The molecule has 0 aliphatic carbocycles. The Balaban J connectivity index is 2.18. The Morgan fingerprint density at radius 2 is 1.97 bits per heavy atom. The zero-order chi connectivity index (χ0) is 22.3. The minimum absolute atomic E-state index is 0.0198. The van der Waals surface area contributed by atoms with Gasteiger partial charge in [-0.3, -0.25) is 15.1 Å². The second-order valence-electron chi connectivity index (χ2n) is 7.36. The van der Waals surface area contributed by atoms with E-state index >= 15 is 0 Å². The fourth-order valence-corrected chi connectivity index (χ4v) is 3.60. The average Bonchev–Trinajstić information content (AvgIpc) is 3.03. The average molecular weight is 442 g/mol. The molecule has 0 bridgehead atoms. The Labute approximate surface area is 174 Å². The van der Waals surface area contributed by atoms with Crippen LogP contribution < -0.4 is 11.1 Å². The highest BCUT2D eigenvalue weighted by molar-refractivity contribution is 6.31. The number of H-pyrrole nitrogens is 1. The molecule has 0 fully saturated rings. The molecule has 1 atom stereocenters. The maximum absolute atomic E-state index is 12.9. The lowest BCUT2D eigenvalue weighted by Gasteiger charge is -2.42. The molecule has 7 nitrogen and oxygen atoms in total. The number of alkyl halides is 3. The van der Waals surface area contributed by atoms with Gasteiger partial charge in [0.05, 0.1) is 17.2 Å². The monoisotopic (exact) mass is 441 g/mol. The minimum atomic E-state index is -4.64. The Morgan fingerprint density at radius 3 is 2.57 bits per heavy atom. The number of hydrogen-bond acceptors (Lipinski definition) is 5. The van der Waals surface area contributed by atoms with Gasteiger partial charge in [0.1, 0.15) is 5.65 Å². The first kappa shape index (κ1) is 22.0. The standard InChI is InChI=1S/C19H19ClF3N5O2/c1-17(2,30)19(16(24)29,28-9-18(21,22)23)11-3-10(5-25-6-11)14-8-27-15-13(14)4-12(20)7-26-15/h3-8,28,30H,9H2,1-2H3,(H2,24,29)(H,26,27)/t19-/m0/s1. The van der Waals surface area contributed by atoms with Gasteiger partial charge < -0.3 is 15.8 Å². The van der Waals surface area contributed by atoms with Gasteiger partial charge in [-0.25, -0.2) is 4.98 Å². The van der Waals surface area contributed by atoms with Gasteiger partial charge in [0.2, 0.25) is 5.91 Å². The largest absolute Gasteiger partial charge is 0.401 e. The molecular formula is C19H19ClF3N5O2. The molecule has 160 valence electrons. The van der Waals surface area contributed by atoms with Gasteiger partial charge >= 0.3 is 6.18 Å². The molecule has 0 unspecified atom stereocenters. The Kier molecular flexibility index (Phi) is 5.52. The van der Waals surface area contributed by atoms with Crippen LogP contribution in [-0.4, -0.2) is 44.3 Å². The lowest BCUT2D eigenvalue weighted by Crippen LogP contribution is -2.66. The number of nitrogens with two attached hydrogens (primary N) is 1. The van der Waals surface area contributed by atoms with Gasteiger partial charge in [0.25, 0.3) is 0 Å². The topological polar surface area (TPSA) is 117 Å². The molecule has 5 N–H and O–H groups in total. The summed E-state index contributed by atoms with van der Waals surface area (Å²) in [5.74, 6) is -1.18. The Hall–Kier alpha value is -2.69. The highest BCUT2D eigenvalue weighted by atomic mass is 35.5. The molecule has 0 saturated carbocycles. The van der Waals surface area contributed by atoms with E-state index in [4.69, 9.17) is 17.3 Å². The van der Waals surface area contributed by atoms with Crippen molar-refractivity contribution in [3.05, 3.63) is 47.5 Å². The summed E-state index contributed by atoms with van der Waals surface area (Å²) in [6.45, 7) is 0.850. The van der Waals surface area contributed by atoms with Crippen molar-refractivity contribution in [2.24, 2.45) is 5.73 Å². The summed E-state index contributed by atoms with van der Waals surface area (Å²) in [4.78, 5) is 23.6. The van der Waals surface area contributed by atoms with Crippen LogP contribution in [0.2, 0.25) is 5.02 Å². The number of amides is 1. The molecule has 3 heterocycles. The van der Waals surface area contributed by atoms with Crippen LogP contribution >= 0.6 is 11.6 Å². The number of hydrogen-bond donors (Lipinski definition) is 4. The van der Waals surface area contributed by atoms with Crippen molar-refractivity contribution in [1.82, 2.24) is 20.3 Å². The first-order chi connectivity index (χ1) is 13.8. The SMILES string of the molecule is CC(C)(O)[C@@](NCC(F)(F)F)(C(N)=O)c1cncc(-c2c[nH]c3ncc(Cl)cc23)c1. The van der Waals surface area contributed by atoms with Gasteiger partial charge in [-0.2, -0.15) is 13.2 Å². The number of aromatic nitrogens is 3. The fraction of sp³-hybridized carbons (Fsp3) is 0.316. The number of fused-ring (bicyclic) bond motifs is 1. The summed E-state index contributed by atoms with van der Waals surface area (Å²) < 4.78 is 38.8. The first-order valence-electron chi connectivity index (χ1n) is 8.78. The van der Waals surface area contributed by atoms with Crippen LogP contribution in [0, 0.1) is 0 Å². The number of pyridine rings is 2. The van der Waals surface area contributed by atoms with E-state index < -0.39 is 29.8 Å². The maximum Gasteiger partial charge on any atom is 0.401 e. The molecule has 11 heteroatoms. The lowest BCUT2D eigenvalue weighted by molar-refractivity contribution is -0.149. The molecule has 0 spiro atoms. The van der Waals surface area contributed by atoms with Crippen LogP contribution in [0.4, 0.5) is 13.2 Å². The van der Waals surface area contributed by atoms with Gasteiger partial charge in [-0.05, 0) is 26.0 Å². The molecule has 0 aromatic carbocycles. The molecule has 3 aromatic rings. The summed E-state index contributed by atoms with van der Waals surface area (Å²) in [5, 5.41) is 13.8. The molecular weight excluding hydrogens is 423 g/mol. The van der Waals surface area contributed by atoms with Crippen molar-refractivity contribution in [2.75, 3.05) is 6.54 Å². The number of primary amides is 1. The molecule has 3 rings (SSSR count). The van der Waals surface area contributed by atoms with Gasteiger partial charge in [-0.1, -0.05) is 11.6 Å². The number of rotatable bonds is 6. The van der Waals surface area contributed by atoms with Crippen LogP contribution in [0.3, 0.4) is 0 Å². The third kappa shape index (κ3) is 3.98. The molecule has 0 radical (unpaired) electrons. The molecule has 0 aliphatic rings. The quantitative estimate of drug-likeness (QED) is 0.469. The van der Waals surface area contributed by atoms with Crippen molar-refractivity contribution in [3.63, 3.8) is 0 Å². The molecule has 1 amide bonds. The first-order valence-corrected chi connectivity index (χ1v) is 9.15. The number of halogens is 4. The fourth-order valence-electron chi connectivity index (χ4n) is 3.44. The summed E-state index contributed by atoms with van der Waals surface area (Å²) in [6, 6.07) is 3.12. The Bertz CT molecular complexity index is 1090. The van der Waals surface area contributed by atoms with Crippen molar-refractivity contribution in [3.8, 4) is 11.1 Å². The molecule has 0 saturated heterocycles. The van der Waals surface area contributed by atoms with Crippen LogP contribution in [0.5, 0.6) is 0 Å². The Morgan fingerprint density at radius 1 is 1.27 bits per heavy atom. The number of aliphatic hydroxyl groups is 1. The highest BCUT2D eigenvalue weighted by Gasteiger charge is 2.52. The highest BCUT2D eigenvalue weighted by Crippen LogP contribution is 2.37. The normalized spacial score (nSPS) is 14.6. The number of aromatic amines is 1. The van der Waals surface area contributed by atoms with Crippen molar-refractivity contribution in [1.29, 1.82) is 0 Å². The number of nitrogens with one attached hydrogen (secondary N) is 2. The van der Waals surface area contributed by atoms with E-state index in [1.54, 1.807) is 12.3 Å². The summed E-state index contributed by atoms with van der Waals surface area (Å²) in [5.41, 5.74) is 2.86. The van der Waals surface area contributed by atoms with Crippen LogP contribution in [0.1, 0.15) is 19.4 Å². The minimum Gasteiger partial charge on any atom is -0.388 e. The second-order valence-corrected chi connectivity index (χ2v) is 7.79. The van der Waals surface area contributed by atoms with E-state index in [-0.39, 0.29) is 5.56 Å². The smallest absolute Gasteiger partial charge is 0.388 e. The van der Waals surface area contributed by atoms with E-state index in [0.29, 0.717) is 27.2 Å². The second kappa shape index (κ2) is 7.53. The molecule has 0 aliphatic heterocycles. The predicted octanol–water partition coefficient (Wildman–Crippen LogP) is 2.88. The predicted molar refractivity (Wildman–Crippen MR) is 106 cm³/mol. The van der Waals surface area contributed by atoms with Crippen LogP contribution in [0.25, 0.3) is 22.2 Å². The van der Waals surface area contributed by atoms with E-state index in [1.165, 1.54) is 38.5 Å². The van der Waals surface area contributed by atoms with Crippen molar-refractivity contribution in [2.45, 2.75) is 31.2 Å². The zero-order valence-corrected chi connectivity index (χ0v) is 16.8. The third-order valence-corrected chi connectivity index (χ3v) is 5.03. The number of carbonyl (C=O) groups excluding carboxylic acids is 1.